The number of hydrogen-bond donors (Lipinski definition) is 1. The highest BCUT2D eigenvalue weighted by Crippen LogP contribution is 2.14. The molecule has 2 aromatic rings. The molecule has 0 atom stereocenters. The van der Waals surface area contributed by atoms with Crippen LogP contribution in [0.3, 0.4) is 0 Å². The van der Waals surface area contributed by atoms with Gasteiger partial charge in [0.1, 0.15) is 5.82 Å². The minimum absolute atomic E-state index is 0. The van der Waals surface area contributed by atoms with Crippen LogP contribution in [-0.2, 0) is 6.54 Å². The van der Waals surface area contributed by atoms with Crippen molar-refractivity contribution >= 4 is 23.3 Å². The molecule has 1 heterocycles. The van der Waals surface area contributed by atoms with Crippen molar-refractivity contribution in [1.29, 1.82) is 0 Å². The van der Waals surface area contributed by atoms with Crippen LogP contribution in [0.4, 0.5) is 4.39 Å². The van der Waals surface area contributed by atoms with Gasteiger partial charge in [0.15, 0.2) is 0 Å². The van der Waals surface area contributed by atoms with Crippen molar-refractivity contribution < 1.29 is 4.39 Å². The molecule has 0 aliphatic heterocycles. The van der Waals surface area contributed by atoms with Crippen molar-refractivity contribution in [3.8, 4) is 0 Å². The molecule has 0 aliphatic carbocycles. The number of fused-ring (bicyclic) bond motifs is 1. The van der Waals surface area contributed by atoms with Gasteiger partial charge in [-0.25, -0.2) is 4.39 Å². The molecule has 17 heavy (non-hydrogen) atoms. The molecular weight excluding hydrogens is 241 g/mol. The zero-order valence-corrected chi connectivity index (χ0v) is 10.6. The maximum absolute atomic E-state index is 12.9. The van der Waals surface area contributed by atoms with Gasteiger partial charge in [-0.3, -0.25) is 4.68 Å². The number of halogens is 2. The van der Waals surface area contributed by atoms with Crippen LogP contribution in [0.15, 0.2) is 24.4 Å². The Bertz CT molecular complexity index is 470. The molecule has 0 saturated carbocycles. The minimum Gasteiger partial charge on any atom is -0.315 e. The normalized spacial score (nSPS) is 10.5. The van der Waals surface area contributed by atoms with Crippen LogP contribution < -0.4 is 5.32 Å². The van der Waals surface area contributed by atoms with E-state index >= 15 is 0 Å². The number of nitrogens with one attached hydrogen (secondary N) is 1. The van der Waals surface area contributed by atoms with Crippen molar-refractivity contribution in [2.45, 2.75) is 19.9 Å². The second-order valence-corrected chi connectivity index (χ2v) is 3.82. The van der Waals surface area contributed by atoms with Crippen molar-refractivity contribution in [2.75, 3.05) is 13.1 Å². The van der Waals surface area contributed by atoms with E-state index in [4.69, 9.17) is 0 Å². The summed E-state index contributed by atoms with van der Waals surface area (Å²) in [5, 5.41) is 8.42. The third kappa shape index (κ3) is 3.41. The summed E-state index contributed by atoms with van der Waals surface area (Å²) in [5.41, 5.74) is 0.986. The lowest BCUT2D eigenvalue weighted by atomic mass is 10.2. The van der Waals surface area contributed by atoms with Crippen molar-refractivity contribution in [3.63, 3.8) is 0 Å². The largest absolute Gasteiger partial charge is 0.315 e. The van der Waals surface area contributed by atoms with Crippen LogP contribution in [0.1, 0.15) is 13.3 Å². The number of hydrogen-bond acceptors (Lipinski definition) is 2. The van der Waals surface area contributed by atoms with Gasteiger partial charge in [0, 0.05) is 11.9 Å². The maximum Gasteiger partial charge on any atom is 0.124 e. The molecule has 1 aromatic carbocycles. The standard InChI is InChI=1S/C12H16FN3.ClH/c1-2-5-14-6-7-16-12-4-3-11(13)8-10(12)9-15-16;/h3-4,8-9,14H,2,5-7H2,1H3;1H. The predicted octanol–water partition coefficient (Wildman–Crippen LogP) is 2.60. The molecule has 0 radical (unpaired) electrons. The average Bonchev–Trinajstić information content (AvgIpc) is 2.67. The lowest BCUT2D eigenvalue weighted by Crippen LogP contribution is -2.20. The summed E-state index contributed by atoms with van der Waals surface area (Å²) in [5.74, 6) is -0.212. The Morgan fingerprint density at radius 1 is 1.35 bits per heavy atom. The van der Waals surface area contributed by atoms with Crippen LogP contribution in [0, 0.1) is 5.82 Å². The third-order valence-electron chi connectivity index (χ3n) is 2.53. The number of nitrogens with zero attached hydrogens (tertiary/aromatic N) is 2. The zero-order valence-electron chi connectivity index (χ0n) is 9.82. The van der Waals surface area contributed by atoms with E-state index in [0.717, 1.165) is 37.0 Å². The Morgan fingerprint density at radius 2 is 2.18 bits per heavy atom. The SMILES string of the molecule is CCCNCCn1ncc2cc(F)ccc21.Cl. The summed E-state index contributed by atoms with van der Waals surface area (Å²) in [6.07, 6.45) is 2.84. The second kappa shape index (κ2) is 6.57. The van der Waals surface area contributed by atoms with E-state index in [1.54, 1.807) is 12.3 Å². The van der Waals surface area contributed by atoms with Crippen molar-refractivity contribution in [1.82, 2.24) is 15.1 Å². The summed E-state index contributed by atoms with van der Waals surface area (Å²) in [6, 6.07) is 4.76. The van der Waals surface area contributed by atoms with Crippen LogP contribution in [-0.4, -0.2) is 22.9 Å². The Labute approximate surface area is 106 Å². The van der Waals surface area contributed by atoms with Gasteiger partial charge < -0.3 is 5.32 Å². The quantitative estimate of drug-likeness (QED) is 0.835. The minimum atomic E-state index is -0.212. The van der Waals surface area contributed by atoms with Crippen LogP contribution in [0.5, 0.6) is 0 Å². The lowest BCUT2D eigenvalue weighted by Gasteiger charge is -2.04. The first-order valence-corrected chi connectivity index (χ1v) is 5.63. The topological polar surface area (TPSA) is 29.9 Å². The van der Waals surface area contributed by atoms with Crippen molar-refractivity contribution in [3.05, 3.63) is 30.2 Å². The monoisotopic (exact) mass is 257 g/mol. The van der Waals surface area contributed by atoms with Gasteiger partial charge in [-0.05, 0) is 31.2 Å². The first-order chi connectivity index (χ1) is 7.81. The predicted molar refractivity (Wildman–Crippen MR) is 70.1 cm³/mol. The fourth-order valence-corrected chi connectivity index (χ4v) is 1.72. The Hall–Kier alpha value is -1.13. The average molecular weight is 258 g/mol. The molecule has 0 aliphatic rings. The van der Waals surface area contributed by atoms with E-state index < -0.39 is 0 Å². The molecule has 94 valence electrons. The first kappa shape index (κ1) is 13.9. The highest BCUT2D eigenvalue weighted by atomic mass is 35.5. The van der Waals surface area contributed by atoms with Crippen molar-refractivity contribution in [2.24, 2.45) is 0 Å². The molecule has 0 fully saturated rings. The number of aromatic nitrogens is 2. The van der Waals surface area contributed by atoms with Crippen LogP contribution in [0.2, 0.25) is 0 Å². The summed E-state index contributed by atoms with van der Waals surface area (Å²) in [4.78, 5) is 0. The molecular formula is C12H17ClFN3. The van der Waals surface area contributed by atoms with Gasteiger partial charge in [-0.15, -0.1) is 12.4 Å². The molecule has 5 heteroatoms. The van der Waals surface area contributed by atoms with E-state index in [0.29, 0.717) is 0 Å². The first-order valence-electron chi connectivity index (χ1n) is 5.63. The fraction of sp³-hybridized carbons (Fsp3) is 0.417. The summed E-state index contributed by atoms with van der Waals surface area (Å²) in [7, 11) is 0. The summed E-state index contributed by atoms with van der Waals surface area (Å²) < 4.78 is 14.8. The Kier molecular flexibility index (Phi) is 5.38. The van der Waals surface area contributed by atoms with E-state index in [1.165, 1.54) is 12.1 Å². The Balaban J connectivity index is 0.00000144. The smallest absolute Gasteiger partial charge is 0.124 e. The molecule has 0 bridgehead atoms. The van der Waals surface area contributed by atoms with E-state index in [2.05, 4.69) is 17.3 Å². The van der Waals surface area contributed by atoms with E-state index in [-0.39, 0.29) is 18.2 Å². The maximum atomic E-state index is 12.9. The van der Waals surface area contributed by atoms with Gasteiger partial charge >= 0.3 is 0 Å². The molecule has 0 spiro atoms. The van der Waals surface area contributed by atoms with Gasteiger partial charge in [0.05, 0.1) is 18.3 Å². The third-order valence-corrected chi connectivity index (χ3v) is 2.53. The fourth-order valence-electron chi connectivity index (χ4n) is 1.72. The van der Waals surface area contributed by atoms with Gasteiger partial charge in [0.25, 0.3) is 0 Å². The van der Waals surface area contributed by atoms with Crippen LogP contribution in [0.25, 0.3) is 10.9 Å². The molecule has 0 saturated heterocycles. The van der Waals surface area contributed by atoms with Crippen LogP contribution >= 0.6 is 12.4 Å². The molecule has 0 unspecified atom stereocenters. The zero-order chi connectivity index (χ0) is 11.4. The molecule has 0 amide bonds. The van der Waals surface area contributed by atoms with E-state index in [1.807, 2.05) is 4.68 Å². The van der Waals surface area contributed by atoms with Gasteiger partial charge in [-0.1, -0.05) is 6.92 Å². The molecule has 3 nitrogen and oxygen atoms in total. The molecule has 2 rings (SSSR count). The molecule has 1 N–H and O–H groups in total. The lowest BCUT2D eigenvalue weighted by molar-refractivity contribution is 0.565. The van der Waals surface area contributed by atoms with Gasteiger partial charge in [-0.2, -0.15) is 5.10 Å². The summed E-state index contributed by atoms with van der Waals surface area (Å²) in [6.45, 7) is 4.87. The molecule has 1 aromatic heterocycles. The highest BCUT2D eigenvalue weighted by molar-refractivity contribution is 5.85. The highest BCUT2D eigenvalue weighted by Gasteiger charge is 2.02. The Morgan fingerprint density at radius 3 is 2.94 bits per heavy atom. The summed E-state index contributed by atoms with van der Waals surface area (Å²) >= 11 is 0. The second-order valence-electron chi connectivity index (χ2n) is 3.82. The van der Waals surface area contributed by atoms with E-state index in [9.17, 15) is 4.39 Å². The number of benzene rings is 1. The number of rotatable bonds is 5. The van der Waals surface area contributed by atoms with Gasteiger partial charge in [0.2, 0.25) is 0 Å².